The summed E-state index contributed by atoms with van der Waals surface area (Å²) in [4.78, 5) is 3.97. The van der Waals surface area contributed by atoms with Crippen LogP contribution in [-0.2, 0) is 13.0 Å². The lowest BCUT2D eigenvalue weighted by atomic mass is 10.1. The van der Waals surface area contributed by atoms with Crippen molar-refractivity contribution in [2.75, 3.05) is 19.3 Å². The molecule has 0 atom stereocenters. The number of benzene rings is 1. The molecule has 1 aromatic carbocycles. The predicted molar refractivity (Wildman–Crippen MR) is 97.7 cm³/mol. The molecule has 0 aliphatic heterocycles. The maximum atomic E-state index is 5.54. The average Bonchev–Trinajstić information content (AvgIpc) is 2.57. The summed E-state index contributed by atoms with van der Waals surface area (Å²) in [6.45, 7) is 5.55. The number of nitrogens with two attached hydrogens (primary N) is 2. The monoisotopic (exact) mass is 308 g/mol. The fraction of sp³-hybridized carbons (Fsp3) is 0.353. The summed E-state index contributed by atoms with van der Waals surface area (Å²) >= 11 is 0. The number of aromatic nitrogens is 1. The lowest BCUT2D eigenvalue weighted by Crippen LogP contribution is -2.10. The SMILES string of the molecule is CC.CNCCc1ccc(N)cc1.NCc1ccccn1.O.[HH]. The molecule has 0 aliphatic rings. The summed E-state index contributed by atoms with van der Waals surface area (Å²) in [7, 11) is 1.96. The van der Waals surface area contributed by atoms with Crippen LogP contribution < -0.4 is 16.8 Å². The molecule has 5 heteroatoms. The van der Waals surface area contributed by atoms with Crippen LogP contribution in [0.15, 0.2) is 48.7 Å². The molecular weight excluding hydrogens is 276 g/mol. The molecule has 0 aliphatic carbocycles. The molecule has 1 heterocycles. The third kappa shape index (κ3) is 10.8. The number of hydrogen-bond donors (Lipinski definition) is 3. The Hall–Kier alpha value is -1.95. The minimum Gasteiger partial charge on any atom is -0.412 e. The number of rotatable bonds is 4. The Morgan fingerprint density at radius 2 is 1.73 bits per heavy atom. The zero-order chi connectivity index (χ0) is 15.9. The number of nitrogen functional groups attached to an aromatic ring is 1. The highest BCUT2D eigenvalue weighted by Crippen LogP contribution is 2.05. The number of hydrogen-bond acceptors (Lipinski definition) is 4. The van der Waals surface area contributed by atoms with E-state index in [0.29, 0.717) is 6.54 Å². The van der Waals surface area contributed by atoms with Crippen LogP contribution in [0, 0.1) is 0 Å². The second-order valence-electron chi connectivity index (χ2n) is 4.12. The van der Waals surface area contributed by atoms with Crippen molar-refractivity contribution < 1.29 is 6.90 Å². The van der Waals surface area contributed by atoms with E-state index < -0.39 is 0 Å². The van der Waals surface area contributed by atoms with Crippen LogP contribution in [-0.4, -0.2) is 24.1 Å². The first-order valence-electron chi connectivity index (χ1n) is 7.35. The molecule has 22 heavy (non-hydrogen) atoms. The van der Waals surface area contributed by atoms with E-state index in [1.165, 1.54) is 5.56 Å². The maximum Gasteiger partial charge on any atom is 0.0539 e. The Morgan fingerprint density at radius 3 is 2.14 bits per heavy atom. The molecule has 0 radical (unpaired) electrons. The number of pyridine rings is 1. The van der Waals surface area contributed by atoms with Crippen LogP contribution >= 0.6 is 0 Å². The highest BCUT2D eigenvalue weighted by molar-refractivity contribution is 5.39. The molecule has 0 amide bonds. The highest BCUT2D eigenvalue weighted by atomic mass is 16.0. The van der Waals surface area contributed by atoms with E-state index in [4.69, 9.17) is 11.5 Å². The molecule has 0 bridgehead atoms. The topological polar surface area (TPSA) is 108 Å². The molecule has 2 aromatic rings. The van der Waals surface area contributed by atoms with Crippen molar-refractivity contribution in [2.45, 2.75) is 26.8 Å². The van der Waals surface area contributed by atoms with E-state index in [1.807, 2.05) is 51.2 Å². The summed E-state index contributed by atoms with van der Waals surface area (Å²) < 4.78 is 0. The Bertz CT molecular complexity index is 452. The number of anilines is 1. The van der Waals surface area contributed by atoms with Gasteiger partial charge in [0.25, 0.3) is 0 Å². The molecule has 126 valence electrons. The largest absolute Gasteiger partial charge is 0.412 e. The molecular formula is C17H32N4O. The molecule has 2 rings (SSSR count). The van der Waals surface area contributed by atoms with E-state index >= 15 is 0 Å². The van der Waals surface area contributed by atoms with Gasteiger partial charge in [0.2, 0.25) is 0 Å². The van der Waals surface area contributed by atoms with E-state index in [1.54, 1.807) is 6.20 Å². The van der Waals surface area contributed by atoms with Gasteiger partial charge < -0.3 is 22.3 Å². The van der Waals surface area contributed by atoms with Gasteiger partial charge in [-0.2, -0.15) is 0 Å². The van der Waals surface area contributed by atoms with E-state index in [-0.39, 0.29) is 6.90 Å². The molecule has 1 aromatic heterocycles. The summed E-state index contributed by atoms with van der Waals surface area (Å²) in [5.41, 5.74) is 13.9. The smallest absolute Gasteiger partial charge is 0.0539 e. The van der Waals surface area contributed by atoms with Crippen molar-refractivity contribution in [2.24, 2.45) is 5.73 Å². The van der Waals surface area contributed by atoms with Crippen LogP contribution in [0.1, 0.15) is 26.5 Å². The van der Waals surface area contributed by atoms with Crippen molar-refractivity contribution >= 4 is 5.69 Å². The zero-order valence-electron chi connectivity index (χ0n) is 13.8. The van der Waals surface area contributed by atoms with Crippen molar-refractivity contribution in [3.63, 3.8) is 0 Å². The van der Waals surface area contributed by atoms with E-state index in [0.717, 1.165) is 24.3 Å². The van der Waals surface area contributed by atoms with Gasteiger partial charge in [-0.3, -0.25) is 4.98 Å². The van der Waals surface area contributed by atoms with Gasteiger partial charge in [-0.25, -0.2) is 0 Å². The first kappa shape index (κ1) is 22.3. The number of likely N-dealkylation sites (N-methyl/N-ethyl adjacent to an activating group) is 1. The van der Waals surface area contributed by atoms with Gasteiger partial charge in [0.1, 0.15) is 0 Å². The van der Waals surface area contributed by atoms with Crippen LogP contribution in [0.5, 0.6) is 0 Å². The molecule has 0 saturated carbocycles. The minimum absolute atomic E-state index is 0. The molecule has 0 saturated heterocycles. The fourth-order valence-corrected chi connectivity index (χ4v) is 1.47. The highest BCUT2D eigenvalue weighted by Gasteiger charge is 1.90. The van der Waals surface area contributed by atoms with Crippen molar-refractivity contribution in [1.29, 1.82) is 0 Å². The zero-order valence-corrected chi connectivity index (χ0v) is 13.8. The minimum atomic E-state index is 0. The third-order valence-electron chi connectivity index (χ3n) is 2.58. The predicted octanol–water partition coefficient (Wildman–Crippen LogP) is 2.02. The van der Waals surface area contributed by atoms with Crippen molar-refractivity contribution in [1.82, 2.24) is 10.3 Å². The standard InChI is InChI=1S/C9H14N2.C6H8N2.C2H6.H2O.H2/c1-11-7-6-8-2-4-9(10)5-3-8;7-5-6-3-1-2-4-8-6;1-2;;/h2-5,11H,6-7,10H2,1H3;1-4H,5,7H2;1-2H3;1H2;1H. The molecule has 0 unspecified atom stereocenters. The number of nitrogens with zero attached hydrogens (tertiary/aromatic N) is 1. The number of nitrogens with one attached hydrogen (secondary N) is 1. The third-order valence-corrected chi connectivity index (χ3v) is 2.58. The van der Waals surface area contributed by atoms with E-state index in [2.05, 4.69) is 22.4 Å². The Kier molecular flexibility index (Phi) is 15.7. The molecule has 0 spiro atoms. The molecule has 0 fully saturated rings. The van der Waals surface area contributed by atoms with Gasteiger partial charge in [0.15, 0.2) is 0 Å². The van der Waals surface area contributed by atoms with Gasteiger partial charge in [-0.15, -0.1) is 0 Å². The first-order valence-corrected chi connectivity index (χ1v) is 7.35. The van der Waals surface area contributed by atoms with Crippen LogP contribution in [0.2, 0.25) is 0 Å². The Labute approximate surface area is 135 Å². The molecule has 7 N–H and O–H groups in total. The molecule has 5 nitrogen and oxygen atoms in total. The summed E-state index contributed by atoms with van der Waals surface area (Å²) in [5.74, 6) is 0. The van der Waals surface area contributed by atoms with Gasteiger partial charge in [-0.1, -0.05) is 32.0 Å². The lowest BCUT2D eigenvalue weighted by Gasteiger charge is -2.00. The maximum absolute atomic E-state index is 5.54. The Balaban J connectivity index is -0.000000300. The summed E-state index contributed by atoms with van der Waals surface area (Å²) in [6, 6.07) is 13.7. The normalized spacial score (nSPS) is 8.55. The summed E-state index contributed by atoms with van der Waals surface area (Å²) in [6.07, 6.45) is 2.80. The van der Waals surface area contributed by atoms with Crippen LogP contribution in [0.25, 0.3) is 0 Å². The summed E-state index contributed by atoms with van der Waals surface area (Å²) in [5, 5.41) is 3.10. The van der Waals surface area contributed by atoms with Crippen molar-refractivity contribution in [3.8, 4) is 0 Å². The second kappa shape index (κ2) is 15.4. The fourth-order valence-electron chi connectivity index (χ4n) is 1.47. The Morgan fingerprint density at radius 1 is 1.09 bits per heavy atom. The van der Waals surface area contributed by atoms with Gasteiger partial charge in [0, 0.05) is 19.9 Å². The van der Waals surface area contributed by atoms with Gasteiger partial charge >= 0.3 is 0 Å². The second-order valence-corrected chi connectivity index (χ2v) is 4.12. The average molecular weight is 308 g/mol. The van der Waals surface area contributed by atoms with E-state index in [9.17, 15) is 0 Å². The van der Waals surface area contributed by atoms with Crippen molar-refractivity contribution in [3.05, 3.63) is 59.9 Å². The van der Waals surface area contributed by atoms with Crippen LogP contribution in [0.4, 0.5) is 5.69 Å². The van der Waals surface area contributed by atoms with Crippen LogP contribution in [0.3, 0.4) is 0 Å². The first-order chi connectivity index (χ1) is 10.3. The lowest BCUT2D eigenvalue weighted by molar-refractivity contribution is 0.792. The van der Waals surface area contributed by atoms with Gasteiger partial charge in [0.05, 0.1) is 5.69 Å². The van der Waals surface area contributed by atoms with Gasteiger partial charge in [-0.05, 0) is 49.8 Å². The quantitative estimate of drug-likeness (QED) is 0.751.